The first-order chi connectivity index (χ1) is 6.80. The lowest BCUT2D eigenvalue weighted by molar-refractivity contribution is 0.157. The van der Waals surface area contributed by atoms with Gasteiger partial charge in [-0.25, -0.2) is 0 Å². The summed E-state index contributed by atoms with van der Waals surface area (Å²) in [5.41, 5.74) is -0.341. The first kappa shape index (κ1) is 9.29. The lowest BCUT2D eigenvalue weighted by Crippen LogP contribution is -2.31. The maximum atomic E-state index is 9.09. The number of hydrogen-bond donors (Lipinski definition) is 0. The first-order valence-electron chi connectivity index (χ1n) is 4.80. The maximum Gasteiger partial charge on any atom is 0.129 e. The number of rotatable bonds is 3. The van der Waals surface area contributed by atoms with E-state index in [0.717, 1.165) is 30.8 Å². The van der Waals surface area contributed by atoms with Gasteiger partial charge in [0.05, 0.1) is 6.07 Å². The van der Waals surface area contributed by atoms with Gasteiger partial charge in [-0.2, -0.15) is 5.26 Å². The Balaban J connectivity index is 2.20. The molecule has 0 spiro atoms. The fourth-order valence-electron chi connectivity index (χ4n) is 1.80. The van der Waals surface area contributed by atoms with E-state index in [1.807, 2.05) is 12.1 Å². The van der Waals surface area contributed by atoms with Gasteiger partial charge in [0, 0.05) is 7.11 Å². The summed E-state index contributed by atoms with van der Waals surface area (Å²) in [4.78, 5) is 0. The monoisotopic (exact) mass is 191 g/mol. The molecule has 1 saturated carbocycles. The van der Waals surface area contributed by atoms with Gasteiger partial charge in [0.15, 0.2) is 0 Å². The van der Waals surface area contributed by atoms with Crippen molar-refractivity contribution in [3.8, 4) is 6.07 Å². The largest absolute Gasteiger partial charge is 0.462 e. The molecular weight excluding hydrogens is 178 g/mol. The van der Waals surface area contributed by atoms with Gasteiger partial charge in [0.2, 0.25) is 0 Å². The molecule has 0 unspecified atom stereocenters. The van der Waals surface area contributed by atoms with Crippen molar-refractivity contribution in [2.75, 3.05) is 7.11 Å². The fourth-order valence-corrected chi connectivity index (χ4v) is 1.80. The lowest BCUT2D eigenvalue weighted by atomic mass is 9.68. The molecule has 0 radical (unpaired) electrons. The highest BCUT2D eigenvalue weighted by atomic mass is 16.5. The first-order valence-corrected chi connectivity index (χ1v) is 4.80. The molecule has 1 fully saturated rings. The van der Waals surface area contributed by atoms with Crippen molar-refractivity contribution in [2.24, 2.45) is 0 Å². The van der Waals surface area contributed by atoms with Gasteiger partial charge in [-0.15, -0.1) is 0 Å². The van der Waals surface area contributed by atoms with Crippen LogP contribution in [-0.4, -0.2) is 7.11 Å². The van der Waals surface area contributed by atoms with Crippen LogP contribution in [0.15, 0.2) is 16.5 Å². The number of nitrogens with zero attached hydrogens (tertiary/aromatic N) is 1. The molecule has 2 rings (SSSR count). The van der Waals surface area contributed by atoms with E-state index in [2.05, 4.69) is 6.07 Å². The van der Waals surface area contributed by atoms with E-state index in [-0.39, 0.29) is 5.41 Å². The second kappa shape index (κ2) is 3.47. The predicted octanol–water partition coefficient (Wildman–Crippen LogP) is 2.37. The average molecular weight is 191 g/mol. The number of furan rings is 1. The van der Waals surface area contributed by atoms with Crippen molar-refractivity contribution in [1.29, 1.82) is 5.26 Å². The van der Waals surface area contributed by atoms with Crippen molar-refractivity contribution in [3.05, 3.63) is 23.7 Å². The Kier molecular flexibility index (Phi) is 2.30. The van der Waals surface area contributed by atoms with Crippen LogP contribution >= 0.6 is 0 Å². The Morgan fingerprint density at radius 2 is 2.36 bits per heavy atom. The van der Waals surface area contributed by atoms with E-state index >= 15 is 0 Å². The van der Waals surface area contributed by atoms with Gasteiger partial charge in [0.1, 0.15) is 23.5 Å². The van der Waals surface area contributed by atoms with Crippen LogP contribution in [0.1, 0.15) is 30.8 Å². The topological polar surface area (TPSA) is 46.2 Å². The summed E-state index contributed by atoms with van der Waals surface area (Å²) in [5, 5.41) is 9.09. The van der Waals surface area contributed by atoms with Gasteiger partial charge in [-0.05, 0) is 31.4 Å². The van der Waals surface area contributed by atoms with Crippen molar-refractivity contribution in [2.45, 2.75) is 31.3 Å². The molecule has 74 valence electrons. The summed E-state index contributed by atoms with van der Waals surface area (Å²) >= 11 is 0. The maximum absolute atomic E-state index is 9.09. The van der Waals surface area contributed by atoms with Crippen LogP contribution in [0.2, 0.25) is 0 Å². The van der Waals surface area contributed by atoms with Gasteiger partial charge in [0.25, 0.3) is 0 Å². The fraction of sp³-hybridized carbons (Fsp3) is 0.545. The number of methoxy groups -OCH3 is 1. The Morgan fingerprint density at radius 1 is 1.57 bits per heavy atom. The van der Waals surface area contributed by atoms with Crippen LogP contribution in [0, 0.1) is 11.3 Å². The molecule has 0 aliphatic heterocycles. The molecular formula is C11H13NO2. The molecule has 0 amide bonds. The minimum absolute atomic E-state index is 0.341. The molecule has 0 N–H and O–H groups in total. The summed E-state index contributed by atoms with van der Waals surface area (Å²) in [7, 11) is 1.63. The van der Waals surface area contributed by atoms with E-state index in [9.17, 15) is 0 Å². The third kappa shape index (κ3) is 1.32. The third-order valence-electron chi connectivity index (χ3n) is 2.84. The SMILES string of the molecule is COCc1ccc(C2(C#N)CCC2)o1. The molecule has 1 aromatic heterocycles. The second-order valence-electron chi connectivity index (χ2n) is 3.75. The number of hydrogen-bond acceptors (Lipinski definition) is 3. The van der Waals surface area contributed by atoms with Crippen LogP contribution < -0.4 is 0 Å². The molecule has 0 bridgehead atoms. The Labute approximate surface area is 83.3 Å². The van der Waals surface area contributed by atoms with Crippen molar-refractivity contribution in [3.63, 3.8) is 0 Å². The second-order valence-corrected chi connectivity index (χ2v) is 3.75. The zero-order valence-electron chi connectivity index (χ0n) is 8.25. The van der Waals surface area contributed by atoms with Crippen LogP contribution in [0.5, 0.6) is 0 Å². The van der Waals surface area contributed by atoms with Crippen molar-refractivity contribution in [1.82, 2.24) is 0 Å². The zero-order valence-corrected chi connectivity index (χ0v) is 8.25. The smallest absolute Gasteiger partial charge is 0.129 e. The molecule has 1 aliphatic rings. The molecule has 1 aromatic rings. The Hall–Kier alpha value is -1.27. The predicted molar refractivity (Wildman–Crippen MR) is 50.6 cm³/mol. The minimum Gasteiger partial charge on any atom is -0.462 e. The van der Waals surface area contributed by atoms with Gasteiger partial charge < -0.3 is 9.15 Å². The lowest BCUT2D eigenvalue weighted by Gasteiger charge is -2.32. The Morgan fingerprint density at radius 3 is 2.86 bits per heavy atom. The number of nitriles is 1. The average Bonchev–Trinajstić information content (AvgIpc) is 2.54. The number of ether oxygens (including phenoxy) is 1. The van der Waals surface area contributed by atoms with Crippen molar-refractivity contribution < 1.29 is 9.15 Å². The highest BCUT2D eigenvalue weighted by Gasteiger charge is 2.41. The van der Waals surface area contributed by atoms with Crippen LogP contribution in [0.25, 0.3) is 0 Å². The molecule has 1 heterocycles. The molecule has 0 saturated heterocycles. The van der Waals surface area contributed by atoms with Crippen LogP contribution in [0.3, 0.4) is 0 Å². The van der Waals surface area contributed by atoms with E-state index in [0.29, 0.717) is 6.61 Å². The normalized spacial score (nSPS) is 18.6. The van der Waals surface area contributed by atoms with Crippen molar-refractivity contribution >= 4 is 0 Å². The summed E-state index contributed by atoms with van der Waals surface area (Å²) in [5.74, 6) is 1.60. The molecule has 0 aromatic carbocycles. The molecule has 1 aliphatic carbocycles. The standard InChI is InChI=1S/C11H13NO2/c1-13-7-9-3-4-10(14-9)11(8-12)5-2-6-11/h3-4H,2,5-7H2,1H3. The van der Waals surface area contributed by atoms with Gasteiger partial charge in [-0.3, -0.25) is 0 Å². The summed E-state index contributed by atoms with van der Waals surface area (Å²) in [6.07, 6.45) is 2.96. The highest BCUT2D eigenvalue weighted by molar-refractivity contribution is 5.28. The van der Waals surface area contributed by atoms with E-state index in [1.54, 1.807) is 7.11 Å². The summed E-state index contributed by atoms with van der Waals surface area (Å²) in [6, 6.07) is 6.14. The minimum atomic E-state index is -0.341. The summed E-state index contributed by atoms with van der Waals surface area (Å²) < 4.78 is 10.5. The molecule has 0 atom stereocenters. The highest BCUT2D eigenvalue weighted by Crippen LogP contribution is 2.43. The van der Waals surface area contributed by atoms with E-state index in [1.165, 1.54) is 0 Å². The van der Waals surface area contributed by atoms with Gasteiger partial charge in [-0.1, -0.05) is 0 Å². The molecule has 3 heteroatoms. The molecule has 3 nitrogen and oxygen atoms in total. The molecule has 14 heavy (non-hydrogen) atoms. The zero-order chi connectivity index (χ0) is 10.0. The van der Waals surface area contributed by atoms with E-state index in [4.69, 9.17) is 14.4 Å². The third-order valence-corrected chi connectivity index (χ3v) is 2.84. The summed E-state index contributed by atoms with van der Waals surface area (Å²) in [6.45, 7) is 0.474. The Bertz CT molecular complexity index is 358. The van der Waals surface area contributed by atoms with Crippen LogP contribution in [0.4, 0.5) is 0 Å². The van der Waals surface area contributed by atoms with E-state index < -0.39 is 0 Å². The van der Waals surface area contributed by atoms with Crippen LogP contribution in [-0.2, 0) is 16.8 Å². The quantitative estimate of drug-likeness (QED) is 0.736. The van der Waals surface area contributed by atoms with Gasteiger partial charge >= 0.3 is 0 Å².